The highest BCUT2D eigenvalue weighted by atomic mass is 16.5. The summed E-state index contributed by atoms with van der Waals surface area (Å²) in [6, 6.07) is 0.150. The summed E-state index contributed by atoms with van der Waals surface area (Å²) in [7, 11) is 0. The van der Waals surface area contributed by atoms with Crippen molar-refractivity contribution in [2.45, 2.75) is 52.0 Å². The summed E-state index contributed by atoms with van der Waals surface area (Å²) < 4.78 is 5.05. The van der Waals surface area contributed by atoms with Crippen molar-refractivity contribution >= 4 is 11.8 Å². The molecule has 7 heteroatoms. The monoisotopic (exact) mass is 320 g/mol. The number of hydrogen-bond acceptors (Lipinski definition) is 5. The lowest BCUT2D eigenvalue weighted by Gasteiger charge is -2.33. The normalized spacial score (nSPS) is 25.5. The van der Waals surface area contributed by atoms with Gasteiger partial charge in [-0.05, 0) is 26.7 Å². The first-order valence-corrected chi connectivity index (χ1v) is 8.34. The fourth-order valence-electron chi connectivity index (χ4n) is 3.52. The molecule has 2 fully saturated rings. The Morgan fingerprint density at radius 1 is 1.35 bits per heavy atom. The van der Waals surface area contributed by atoms with Gasteiger partial charge in [-0.15, -0.1) is 0 Å². The topological polar surface area (TPSA) is 79.5 Å². The molecule has 0 aromatic carbocycles. The summed E-state index contributed by atoms with van der Waals surface area (Å²) >= 11 is 0. The standard InChI is InChI=1S/C16H24N4O3/c1-10(2)20-9-13(7-14(20)21)16(22)19-6-4-5-12(8-19)15-17-11(3)23-18-15/h10,12-13H,4-9H2,1-3H3. The van der Waals surface area contributed by atoms with Gasteiger partial charge in [-0.25, -0.2) is 0 Å². The molecule has 23 heavy (non-hydrogen) atoms. The second-order valence-electron chi connectivity index (χ2n) is 6.84. The molecule has 0 N–H and O–H groups in total. The fraction of sp³-hybridized carbons (Fsp3) is 0.750. The van der Waals surface area contributed by atoms with Crippen LogP contribution in [0.5, 0.6) is 0 Å². The van der Waals surface area contributed by atoms with E-state index >= 15 is 0 Å². The Kier molecular flexibility index (Phi) is 4.37. The molecule has 0 bridgehead atoms. The van der Waals surface area contributed by atoms with E-state index in [9.17, 15) is 9.59 Å². The van der Waals surface area contributed by atoms with Crippen molar-refractivity contribution in [3.05, 3.63) is 11.7 Å². The molecule has 0 spiro atoms. The molecule has 2 aliphatic heterocycles. The van der Waals surface area contributed by atoms with Crippen molar-refractivity contribution in [1.82, 2.24) is 19.9 Å². The largest absolute Gasteiger partial charge is 0.342 e. The molecule has 2 unspecified atom stereocenters. The molecule has 0 aliphatic carbocycles. The van der Waals surface area contributed by atoms with E-state index in [0.29, 0.717) is 31.2 Å². The Morgan fingerprint density at radius 3 is 2.74 bits per heavy atom. The van der Waals surface area contributed by atoms with Crippen LogP contribution in [0.25, 0.3) is 0 Å². The SMILES string of the molecule is Cc1nc(C2CCCN(C(=O)C3CC(=O)N(C(C)C)C3)C2)no1. The van der Waals surface area contributed by atoms with Gasteiger partial charge >= 0.3 is 0 Å². The van der Waals surface area contributed by atoms with E-state index in [4.69, 9.17) is 4.52 Å². The van der Waals surface area contributed by atoms with Crippen LogP contribution in [0.15, 0.2) is 4.52 Å². The van der Waals surface area contributed by atoms with E-state index in [1.807, 2.05) is 18.7 Å². The molecule has 2 saturated heterocycles. The Hall–Kier alpha value is -1.92. The number of aryl methyl sites for hydroxylation is 1. The zero-order valence-electron chi connectivity index (χ0n) is 14.0. The van der Waals surface area contributed by atoms with E-state index in [2.05, 4.69) is 10.1 Å². The van der Waals surface area contributed by atoms with Crippen molar-refractivity contribution in [2.24, 2.45) is 5.92 Å². The number of aromatic nitrogens is 2. The summed E-state index contributed by atoms with van der Waals surface area (Å²) in [6.07, 6.45) is 2.22. The van der Waals surface area contributed by atoms with Crippen molar-refractivity contribution in [1.29, 1.82) is 0 Å². The lowest BCUT2D eigenvalue weighted by molar-refractivity contribution is -0.137. The van der Waals surface area contributed by atoms with Gasteiger partial charge in [-0.3, -0.25) is 9.59 Å². The Labute approximate surface area is 136 Å². The third kappa shape index (κ3) is 3.23. The number of carbonyl (C=O) groups is 2. The van der Waals surface area contributed by atoms with Crippen molar-refractivity contribution in [3.8, 4) is 0 Å². The summed E-state index contributed by atoms with van der Waals surface area (Å²) in [5.74, 6) is 1.33. The summed E-state index contributed by atoms with van der Waals surface area (Å²) in [6.45, 7) is 7.65. The van der Waals surface area contributed by atoms with Crippen LogP contribution in [0.4, 0.5) is 0 Å². The zero-order valence-corrected chi connectivity index (χ0v) is 14.0. The molecule has 3 heterocycles. The van der Waals surface area contributed by atoms with E-state index in [1.54, 1.807) is 11.8 Å². The van der Waals surface area contributed by atoms with Crippen LogP contribution in [0, 0.1) is 12.8 Å². The van der Waals surface area contributed by atoms with Crippen LogP contribution in [-0.2, 0) is 9.59 Å². The summed E-state index contributed by atoms with van der Waals surface area (Å²) in [5, 5.41) is 3.99. The lowest BCUT2D eigenvalue weighted by atomic mass is 9.95. The van der Waals surface area contributed by atoms with E-state index in [0.717, 1.165) is 19.4 Å². The highest BCUT2D eigenvalue weighted by molar-refractivity contribution is 5.89. The predicted molar refractivity (Wildman–Crippen MR) is 82.5 cm³/mol. The minimum absolute atomic E-state index is 0.0840. The van der Waals surface area contributed by atoms with Crippen LogP contribution in [0.2, 0.25) is 0 Å². The van der Waals surface area contributed by atoms with Crippen LogP contribution >= 0.6 is 0 Å². The quantitative estimate of drug-likeness (QED) is 0.839. The predicted octanol–water partition coefficient (Wildman–Crippen LogP) is 1.34. The molecule has 2 aliphatic rings. The van der Waals surface area contributed by atoms with Gasteiger partial charge in [-0.2, -0.15) is 4.98 Å². The lowest BCUT2D eigenvalue weighted by Crippen LogP contribution is -2.43. The van der Waals surface area contributed by atoms with Crippen LogP contribution in [-0.4, -0.2) is 57.4 Å². The average molecular weight is 320 g/mol. The van der Waals surface area contributed by atoms with Crippen molar-refractivity contribution in [2.75, 3.05) is 19.6 Å². The fourth-order valence-corrected chi connectivity index (χ4v) is 3.52. The first-order chi connectivity index (χ1) is 11.0. The molecule has 126 valence electrons. The van der Waals surface area contributed by atoms with Crippen molar-refractivity contribution < 1.29 is 14.1 Å². The highest BCUT2D eigenvalue weighted by Crippen LogP contribution is 2.28. The molecule has 2 atom stereocenters. The average Bonchev–Trinajstić information content (AvgIpc) is 3.13. The van der Waals surface area contributed by atoms with Gasteiger partial charge in [0.25, 0.3) is 0 Å². The van der Waals surface area contributed by atoms with Gasteiger partial charge < -0.3 is 14.3 Å². The van der Waals surface area contributed by atoms with E-state index in [1.165, 1.54) is 0 Å². The highest BCUT2D eigenvalue weighted by Gasteiger charge is 2.39. The third-order valence-corrected chi connectivity index (χ3v) is 4.77. The molecule has 0 radical (unpaired) electrons. The third-order valence-electron chi connectivity index (χ3n) is 4.77. The molecule has 3 rings (SSSR count). The Morgan fingerprint density at radius 2 is 2.13 bits per heavy atom. The molecular formula is C16H24N4O3. The molecular weight excluding hydrogens is 296 g/mol. The maximum atomic E-state index is 12.8. The molecule has 1 aromatic rings. The molecule has 0 saturated carbocycles. The molecule has 2 amide bonds. The number of hydrogen-bond donors (Lipinski definition) is 0. The van der Waals surface area contributed by atoms with Crippen LogP contribution in [0.3, 0.4) is 0 Å². The number of piperidine rings is 1. The summed E-state index contributed by atoms with van der Waals surface area (Å²) in [5.41, 5.74) is 0. The number of likely N-dealkylation sites (tertiary alicyclic amines) is 2. The van der Waals surface area contributed by atoms with Gasteiger partial charge in [0.15, 0.2) is 5.82 Å². The van der Waals surface area contributed by atoms with E-state index < -0.39 is 0 Å². The molecule has 1 aromatic heterocycles. The molecule has 7 nitrogen and oxygen atoms in total. The van der Waals surface area contributed by atoms with Crippen LogP contribution in [0.1, 0.15) is 50.7 Å². The van der Waals surface area contributed by atoms with Crippen LogP contribution < -0.4 is 0 Å². The second-order valence-corrected chi connectivity index (χ2v) is 6.84. The first kappa shape index (κ1) is 16.0. The maximum absolute atomic E-state index is 12.8. The minimum atomic E-state index is -0.212. The maximum Gasteiger partial charge on any atom is 0.228 e. The Bertz CT molecular complexity index is 598. The first-order valence-electron chi connectivity index (χ1n) is 8.34. The number of rotatable bonds is 3. The van der Waals surface area contributed by atoms with Crippen molar-refractivity contribution in [3.63, 3.8) is 0 Å². The van der Waals surface area contributed by atoms with Gasteiger partial charge in [0.05, 0.1) is 5.92 Å². The van der Waals surface area contributed by atoms with Gasteiger partial charge in [-0.1, -0.05) is 5.16 Å². The second kappa shape index (κ2) is 6.29. The van der Waals surface area contributed by atoms with E-state index in [-0.39, 0.29) is 29.7 Å². The summed E-state index contributed by atoms with van der Waals surface area (Å²) in [4.78, 5) is 32.8. The number of nitrogens with zero attached hydrogens (tertiary/aromatic N) is 4. The minimum Gasteiger partial charge on any atom is -0.342 e. The number of amides is 2. The zero-order chi connectivity index (χ0) is 16.6. The van der Waals surface area contributed by atoms with Gasteiger partial charge in [0, 0.05) is 44.9 Å². The van der Waals surface area contributed by atoms with Gasteiger partial charge in [0.2, 0.25) is 17.7 Å². The Balaban J connectivity index is 1.65. The van der Waals surface area contributed by atoms with Gasteiger partial charge in [0.1, 0.15) is 0 Å². The smallest absolute Gasteiger partial charge is 0.228 e. The number of carbonyl (C=O) groups excluding carboxylic acids is 2.